The molecule has 21 heavy (non-hydrogen) atoms. The predicted molar refractivity (Wildman–Crippen MR) is 86.8 cm³/mol. The normalized spacial score (nSPS) is 12.9. The molecular weight excluding hydrogens is 264 g/mol. The van der Waals surface area contributed by atoms with Crippen LogP contribution in [0.15, 0.2) is 18.2 Å². The van der Waals surface area contributed by atoms with E-state index in [1.165, 1.54) is 0 Å². The quantitative estimate of drug-likeness (QED) is 0.863. The zero-order chi connectivity index (χ0) is 16.4. The molecule has 1 aromatic rings. The molecule has 0 saturated heterocycles. The Bertz CT molecular complexity index is 520. The number of aromatic hydroxyl groups is 1. The molecular formula is C18H26O3. The Hall–Kier alpha value is -1.77. The zero-order valence-corrected chi connectivity index (χ0v) is 13.8. The first-order valence-electron chi connectivity index (χ1n) is 7.19. The van der Waals surface area contributed by atoms with E-state index in [1.54, 1.807) is 12.2 Å². The third-order valence-electron chi connectivity index (χ3n) is 3.35. The molecule has 2 N–H and O–H groups in total. The number of phenols is 1. The standard InChI is InChI=1S/C18H26O3/c1-17(2,3)13-10-12(8-7-9-15(19)20)11-14(16(13)21)18(4,5)6/h7-8,10-11,21H,9H2,1-6H3,(H,19,20)/b8-7+. The van der Waals surface area contributed by atoms with Crippen LogP contribution < -0.4 is 0 Å². The maximum Gasteiger partial charge on any atom is 0.307 e. The summed E-state index contributed by atoms with van der Waals surface area (Å²) in [5.41, 5.74) is 2.32. The number of rotatable bonds is 3. The van der Waals surface area contributed by atoms with Gasteiger partial charge in [-0.1, -0.05) is 53.7 Å². The number of hydrogen-bond acceptors (Lipinski definition) is 2. The van der Waals surface area contributed by atoms with Crippen LogP contribution in [0.3, 0.4) is 0 Å². The molecule has 0 amide bonds. The molecule has 0 spiro atoms. The van der Waals surface area contributed by atoms with Crippen LogP contribution in [-0.4, -0.2) is 16.2 Å². The monoisotopic (exact) mass is 290 g/mol. The maximum absolute atomic E-state index is 10.6. The topological polar surface area (TPSA) is 57.5 Å². The Kier molecular flexibility index (Phi) is 4.87. The van der Waals surface area contributed by atoms with Gasteiger partial charge < -0.3 is 10.2 Å². The number of carboxylic acid groups (broad SMARTS) is 1. The minimum atomic E-state index is -0.850. The van der Waals surface area contributed by atoms with E-state index < -0.39 is 5.97 Å². The van der Waals surface area contributed by atoms with E-state index >= 15 is 0 Å². The van der Waals surface area contributed by atoms with E-state index in [0.29, 0.717) is 5.75 Å². The van der Waals surface area contributed by atoms with Gasteiger partial charge in [0.1, 0.15) is 5.75 Å². The van der Waals surface area contributed by atoms with E-state index in [2.05, 4.69) is 41.5 Å². The smallest absolute Gasteiger partial charge is 0.307 e. The number of phenolic OH excluding ortho intramolecular Hbond substituents is 1. The van der Waals surface area contributed by atoms with E-state index in [4.69, 9.17) is 5.11 Å². The minimum Gasteiger partial charge on any atom is -0.507 e. The van der Waals surface area contributed by atoms with Gasteiger partial charge in [0.15, 0.2) is 0 Å². The molecule has 0 aromatic heterocycles. The summed E-state index contributed by atoms with van der Waals surface area (Å²) in [5, 5.41) is 19.3. The molecule has 0 fully saturated rings. The number of benzene rings is 1. The van der Waals surface area contributed by atoms with Crippen molar-refractivity contribution in [3.63, 3.8) is 0 Å². The molecule has 0 unspecified atom stereocenters. The van der Waals surface area contributed by atoms with Gasteiger partial charge in [-0.3, -0.25) is 4.79 Å². The van der Waals surface area contributed by atoms with Crippen molar-refractivity contribution in [1.29, 1.82) is 0 Å². The molecule has 0 saturated carbocycles. The van der Waals surface area contributed by atoms with Gasteiger partial charge in [0.2, 0.25) is 0 Å². The molecule has 0 aliphatic heterocycles. The summed E-state index contributed by atoms with van der Waals surface area (Å²) in [6.07, 6.45) is 3.43. The lowest BCUT2D eigenvalue weighted by Gasteiger charge is -2.27. The molecule has 1 rings (SSSR count). The minimum absolute atomic E-state index is 0.00339. The second kappa shape index (κ2) is 5.92. The van der Waals surface area contributed by atoms with Crippen LogP contribution in [0.25, 0.3) is 6.08 Å². The van der Waals surface area contributed by atoms with Crippen molar-refractivity contribution < 1.29 is 15.0 Å². The molecule has 116 valence electrons. The highest BCUT2D eigenvalue weighted by atomic mass is 16.4. The van der Waals surface area contributed by atoms with Gasteiger partial charge >= 0.3 is 5.97 Å². The Labute approximate surface area is 127 Å². The summed E-state index contributed by atoms with van der Waals surface area (Å²) in [6, 6.07) is 3.87. The van der Waals surface area contributed by atoms with Crippen LogP contribution >= 0.6 is 0 Å². The predicted octanol–water partition coefficient (Wildman–Crippen LogP) is 4.48. The van der Waals surface area contributed by atoms with Crippen LogP contribution in [0.2, 0.25) is 0 Å². The third-order valence-corrected chi connectivity index (χ3v) is 3.35. The van der Waals surface area contributed by atoms with Crippen molar-refractivity contribution in [3.05, 3.63) is 34.9 Å². The Morgan fingerprint density at radius 2 is 1.48 bits per heavy atom. The van der Waals surface area contributed by atoms with E-state index in [9.17, 15) is 9.90 Å². The lowest BCUT2D eigenvalue weighted by molar-refractivity contribution is -0.135. The largest absolute Gasteiger partial charge is 0.507 e. The average molecular weight is 290 g/mol. The molecule has 1 aromatic carbocycles. The van der Waals surface area contributed by atoms with Crippen molar-refractivity contribution in [3.8, 4) is 5.75 Å². The van der Waals surface area contributed by atoms with E-state index in [0.717, 1.165) is 16.7 Å². The fourth-order valence-electron chi connectivity index (χ4n) is 2.19. The van der Waals surface area contributed by atoms with Crippen molar-refractivity contribution in [2.24, 2.45) is 0 Å². The highest BCUT2D eigenvalue weighted by Gasteiger charge is 2.26. The summed E-state index contributed by atoms with van der Waals surface area (Å²) in [7, 11) is 0. The van der Waals surface area contributed by atoms with Gasteiger partial charge in [0, 0.05) is 11.1 Å². The SMILES string of the molecule is CC(C)(C)c1cc(/C=C/CC(=O)O)cc(C(C)(C)C)c1O. The number of hydrogen-bond donors (Lipinski definition) is 2. The van der Waals surface area contributed by atoms with Gasteiger partial charge in [0.05, 0.1) is 6.42 Å². The summed E-state index contributed by atoms with van der Waals surface area (Å²) in [5.74, 6) is -0.512. The molecule has 3 heteroatoms. The molecule has 0 atom stereocenters. The average Bonchev–Trinajstić information content (AvgIpc) is 2.27. The fourth-order valence-corrected chi connectivity index (χ4v) is 2.19. The lowest BCUT2D eigenvalue weighted by atomic mass is 9.78. The summed E-state index contributed by atoms with van der Waals surface area (Å²) < 4.78 is 0. The maximum atomic E-state index is 10.6. The Balaban J connectivity index is 3.41. The second-order valence-electron chi connectivity index (χ2n) is 7.46. The molecule has 0 bridgehead atoms. The fraction of sp³-hybridized carbons (Fsp3) is 0.500. The molecule has 3 nitrogen and oxygen atoms in total. The number of aliphatic carboxylic acids is 1. The molecule has 0 aliphatic carbocycles. The number of carbonyl (C=O) groups is 1. The van der Waals surface area contributed by atoms with Gasteiger partial charge in [-0.2, -0.15) is 0 Å². The Morgan fingerprint density at radius 3 is 1.81 bits per heavy atom. The van der Waals surface area contributed by atoms with Crippen molar-refractivity contribution in [2.75, 3.05) is 0 Å². The first-order chi connectivity index (χ1) is 9.43. The lowest BCUT2D eigenvalue weighted by Crippen LogP contribution is -2.17. The highest BCUT2D eigenvalue weighted by Crippen LogP contribution is 2.39. The molecule has 0 heterocycles. The van der Waals surface area contributed by atoms with Crippen molar-refractivity contribution in [2.45, 2.75) is 58.8 Å². The molecule has 0 radical (unpaired) electrons. The van der Waals surface area contributed by atoms with Crippen LogP contribution in [0.5, 0.6) is 5.75 Å². The van der Waals surface area contributed by atoms with Crippen LogP contribution in [-0.2, 0) is 15.6 Å². The van der Waals surface area contributed by atoms with Crippen molar-refractivity contribution >= 4 is 12.0 Å². The summed E-state index contributed by atoms with van der Waals surface area (Å²) in [4.78, 5) is 10.6. The second-order valence-corrected chi connectivity index (χ2v) is 7.46. The van der Waals surface area contributed by atoms with Crippen LogP contribution in [0.4, 0.5) is 0 Å². The van der Waals surface area contributed by atoms with Gasteiger partial charge in [-0.05, 0) is 28.5 Å². The Morgan fingerprint density at radius 1 is 1.05 bits per heavy atom. The zero-order valence-electron chi connectivity index (χ0n) is 13.8. The third kappa shape index (κ3) is 4.62. The molecule has 0 aliphatic rings. The van der Waals surface area contributed by atoms with Crippen LogP contribution in [0, 0.1) is 0 Å². The van der Waals surface area contributed by atoms with E-state index in [-0.39, 0.29) is 17.3 Å². The first-order valence-corrected chi connectivity index (χ1v) is 7.19. The van der Waals surface area contributed by atoms with Crippen molar-refractivity contribution in [1.82, 2.24) is 0 Å². The van der Waals surface area contributed by atoms with E-state index in [1.807, 2.05) is 12.1 Å². The van der Waals surface area contributed by atoms with Gasteiger partial charge in [0.25, 0.3) is 0 Å². The first kappa shape index (κ1) is 17.3. The summed E-state index contributed by atoms with van der Waals surface area (Å²) in [6.45, 7) is 12.3. The highest BCUT2D eigenvalue weighted by molar-refractivity contribution is 5.70. The number of carboxylic acids is 1. The van der Waals surface area contributed by atoms with Gasteiger partial charge in [-0.25, -0.2) is 0 Å². The van der Waals surface area contributed by atoms with Crippen LogP contribution in [0.1, 0.15) is 64.7 Å². The summed E-state index contributed by atoms with van der Waals surface area (Å²) >= 11 is 0. The van der Waals surface area contributed by atoms with Gasteiger partial charge in [-0.15, -0.1) is 0 Å².